The third-order valence-corrected chi connectivity index (χ3v) is 4.83. The highest BCUT2D eigenvalue weighted by Gasteiger charge is 2.20. The van der Waals surface area contributed by atoms with E-state index in [2.05, 4.69) is 4.72 Å². The van der Waals surface area contributed by atoms with Gasteiger partial charge in [-0.1, -0.05) is 12.1 Å². The maximum absolute atomic E-state index is 13.6. The highest BCUT2D eigenvalue weighted by Crippen LogP contribution is 2.28. The van der Waals surface area contributed by atoms with Gasteiger partial charge in [-0.3, -0.25) is 4.72 Å². The normalized spacial score (nSPS) is 11.2. The van der Waals surface area contributed by atoms with Crippen LogP contribution in [0.2, 0.25) is 0 Å². The minimum atomic E-state index is -3.86. The Kier molecular flexibility index (Phi) is 4.18. The number of anilines is 1. The van der Waals surface area contributed by atoms with Gasteiger partial charge in [0, 0.05) is 0 Å². The summed E-state index contributed by atoms with van der Waals surface area (Å²) in [7, 11) is -2.34. The van der Waals surface area contributed by atoms with Crippen LogP contribution in [0.25, 0.3) is 0 Å². The summed E-state index contributed by atoms with van der Waals surface area (Å²) in [6, 6.07) is 8.66. The number of methoxy groups -OCH3 is 1. The van der Waals surface area contributed by atoms with E-state index in [-0.39, 0.29) is 10.6 Å². The molecule has 0 saturated carbocycles. The number of nitrogens with one attached hydrogen (secondary N) is 1. The SMILES string of the molecule is COc1ccc(S(=O)(=O)Nc2ccccc2F)c(C)c1C. The minimum Gasteiger partial charge on any atom is -0.496 e. The molecule has 2 aromatic rings. The predicted molar refractivity (Wildman–Crippen MR) is 79.7 cm³/mol. The molecule has 0 amide bonds. The predicted octanol–water partition coefficient (Wildman–Crippen LogP) is 3.25. The van der Waals surface area contributed by atoms with Gasteiger partial charge >= 0.3 is 0 Å². The number of ether oxygens (including phenoxy) is 1. The molecule has 2 rings (SSSR count). The van der Waals surface area contributed by atoms with E-state index in [9.17, 15) is 12.8 Å². The Bertz CT molecular complexity index is 772. The molecule has 4 nitrogen and oxygen atoms in total. The number of halogens is 1. The van der Waals surface area contributed by atoms with Crippen LogP contribution in [0.15, 0.2) is 41.3 Å². The average Bonchev–Trinajstić information content (AvgIpc) is 2.44. The fourth-order valence-electron chi connectivity index (χ4n) is 2.03. The number of hydrogen-bond acceptors (Lipinski definition) is 3. The molecular formula is C15H16FNO3S. The van der Waals surface area contributed by atoms with Crippen molar-refractivity contribution in [3.8, 4) is 5.75 Å². The van der Waals surface area contributed by atoms with Gasteiger partial charge in [0.2, 0.25) is 0 Å². The van der Waals surface area contributed by atoms with E-state index in [0.29, 0.717) is 11.3 Å². The molecule has 0 saturated heterocycles. The second kappa shape index (κ2) is 5.73. The fraction of sp³-hybridized carbons (Fsp3) is 0.200. The summed E-state index contributed by atoms with van der Waals surface area (Å²) in [5.41, 5.74) is 1.22. The molecule has 0 aromatic heterocycles. The molecule has 0 aliphatic rings. The zero-order chi connectivity index (χ0) is 15.6. The van der Waals surface area contributed by atoms with Gasteiger partial charge in [0.05, 0.1) is 17.7 Å². The number of benzene rings is 2. The van der Waals surface area contributed by atoms with Crippen LogP contribution in [0.3, 0.4) is 0 Å². The lowest BCUT2D eigenvalue weighted by molar-refractivity contribution is 0.410. The van der Waals surface area contributed by atoms with E-state index in [0.717, 1.165) is 5.56 Å². The summed E-state index contributed by atoms with van der Waals surface area (Å²) < 4.78 is 45.8. The zero-order valence-electron chi connectivity index (χ0n) is 12.0. The number of rotatable bonds is 4. The van der Waals surface area contributed by atoms with Crippen LogP contribution in [0.1, 0.15) is 11.1 Å². The smallest absolute Gasteiger partial charge is 0.262 e. The third-order valence-electron chi connectivity index (χ3n) is 3.32. The van der Waals surface area contributed by atoms with Crippen LogP contribution in [-0.4, -0.2) is 15.5 Å². The van der Waals surface area contributed by atoms with E-state index in [4.69, 9.17) is 4.74 Å². The van der Waals surface area contributed by atoms with Crippen molar-refractivity contribution >= 4 is 15.7 Å². The largest absolute Gasteiger partial charge is 0.496 e. The molecule has 0 radical (unpaired) electrons. The molecule has 0 aliphatic heterocycles. The van der Waals surface area contributed by atoms with Gasteiger partial charge in [-0.25, -0.2) is 12.8 Å². The summed E-state index contributed by atoms with van der Waals surface area (Å²) in [6.45, 7) is 3.46. The quantitative estimate of drug-likeness (QED) is 0.943. The molecule has 0 unspecified atom stereocenters. The van der Waals surface area contributed by atoms with Crippen molar-refractivity contribution in [2.45, 2.75) is 18.7 Å². The van der Waals surface area contributed by atoms with Gasteiger partial charge in [-0.2, -0.15) is 0 Å². The molecule has 2 aromatic carbocycles. The Morgan fingerprint density at radius 3 is 2.33 bits per heavy atom. The molecule has 21 heavy (non-hydrogen) atoms. The van der Waals surface area contributed by atoms with Crippen molar-refractivity contribution in [2.24, 2.45) is 0 Å². The molecule has 0 bridgehead atoms. The number of sulfonamides is 1. The van der Waals surface area contributed by atoms with Crippen LogP contribution in [0.5, 0.6) is 5.75 Å². The van der Waals surface area contributed by atoms with E-state index in [1.54, 1.807) is 26.0 Å². The summed E-state index contributed by atoms with van der Waals surface area (Å²) in [6.07, 6.45) is 0. The first kappa shape index (κ1) is 15.3. The van der Waals surface area contributed by atoms with Crippen molar-refractivity contribution in [1.82, 2.24) is 0 Å². The fourth-order valence-corrected chi connectivity index (χ4v) is 3.40. The maximum atomic E-state index is 13.6. The van der Waals surface area contributed by atoms with Gasteiger partial charge in [0.1, 0.15) is 11.6 Å². The molecule has 0 atom stereocenters. The van der Waals surface area contributed by atoms with E-state index >= 15 is 0 Å². The van der Waals surface area contributed by atoms with Crippen molar-refractivity contribution in [2.75, 3.05) is 11.8 Å². The minimum absolute atomic E-state index is 0.0784. The van der Waals surface area contributed by atoms with E-state index in [1.165, 1.54) is 31.4 Å². The van der Waals surface area contributed by atoms with E-state index in [1.807, 2.05) is 0 Å². The first-order valence-corrected chi connectivity index (χ1v) is 7.76. The summed E-state index contributed by atoms with van der Waals surface area (Å²) in [4.78, 5) is 0.101. The molecule has 112 valence electrons. The molecule has 0 spiro atoms. The lowest BCUT2D eigenvalue weighted by atomic mass is 10.1. The first-order chi connectivity index (χ1) is 9.86. The molecule has 0 heterocycles. The lowest BCUT2D eigenvalue weighted by Crippen LogP contribution is -2.15. The Balaban J connectivity index is 2.46. The third kappa shape index (κ3) is 3.00. The summed E-state index contributed by atoms with van der Waals surface area (Å²) in [5.74, 6) is -0.0127. The van der Waals surface area contributed by atoms with Gasteiger partial charge in [0.15, 0.2) is 0 Å². The van der Waals surface area contributed by atoms with E-state index < -0.39 is 15.8 Å². The van der Waals surface area contributed by atoms with Gasteiger partial charge in [0.25, 0.3) is 10.0 Å². The van der Waals surface area contributed by atoms with Crippen LogP contribution in [0, 0.1) is 19.7 Å². The van der Waals surface area contributed by atoms with Gasteiger partial charge in [-0.15, -0.1) is 0 Å². The zero-order valence-corrected chi connectivity index (χ0v) is 12.8. The topological polar surface area (TPSA) is 55.4 Å². The van der Waals surface area contributed by atoms with Gasteiger partial charge in [-0.05, 0) is 49.2 Å². The van der Waals surface area contributed by atoms with Crippen LogP contribution in [0.4, 0.5) is 10.1 Å². The summed E-state index contributed by atoms with van der Waals surface area (Å²) in [5, 5.41) is 0. The molecular weight excluding hydrogens is 293 g/mol. The van der Waals surface area contributed by atoms with Crippen LogP contribution in [-0.2, 0) is 10.0 Å². The van der Waals surface area contributed by atoms with Crippen LogP contribution < -0.4 is 9.46 Å². The van der Waals surface area contributed by atoms with Gasteiger partial charge < -0.3 is 4.74 Å². The number of para-hydroxylation sites is 1. The first-order valence-electron chi connectivity index (χ1n) is 6.28. The second-order valence-electron chi connectivity index (χ2n) is 4.60. The highest BCUT2D eigenvalue weighted by molar-refractivity contribution is 7.92. The second-order valence-corrected chi connectivity index (χ2v) is 6.25. The molecule has 0 fully saturated rings. The molecule has 6 heteroatoms. The van der Waals surface area contributed by atoms with Crippen molar-refractivity contribution in [3.05, 3.63) is 53.3 Å². The van der Waals surface area contributed by atoms with Crippen LogP contribution >= 0.6 is 0 Å². The Morgan fingerprint density at radius 1 is 1.05 bits per heavy atom. The maximum Gasteiger partial charge on any atom is 0.262 e. The highest BCUT2D eigenvalue weighted by atomic mass is 32.2. The van der Waals surface area contributed by atoms with Crippen molar-refractivity contribution < 1.29 is 17.5 Å². The average molecular weight is 309 g/mol. The van der Waals surface area contributed by atoms with Crippen molar-refractivity contribution in [3.63, 3.8) is 0 Å². The monoisotopic (exact) mass is 309 g/mol. The Hall–Kier alpha value is -2.08. The molecule has 0 aliphatic carbocycles. The lowest BCUT2D eigenvalue weighted by Gasteiger charge is -2.14. The Morgan fingerprint density at radius 2 is 1.71 bits per heavy atom. The number of hydrogen-bond donors (Lipinski definition) is 1. The summed E-state index contributed by atoms with van der Waals surface area (Å²) >= 11 is 0. The van der Waals surface area contributed by atoms with Crippen molar-refractivity contribution in [1.29, 1.82) is 0 Å². The molecule has 1 N–H and O–H groups in total. The standard InChI is InChI=1S/C15H16FNO3S/c1-10-11(2)15(9-8-14(10)20-3)21(18,19)17-13-7-5-4-6-12(13)16/h4-9,17H,1-3H3. The Labute approximate surface area is 123 Å².